The molecule has 0 fully saturated rings. The number of aromatic nitrogens is 1. The number of benzene rings is 1. The van der Waals surface area contributed by atoms with Crippen molar-refractivity contribution >= 4 is 28.7 Å². The Bertz CT molecular complexity index is 850. The van der Waals surface area contributed by atoms with Gasteiger partial charge >= 0.3 is 5.97 Å². The van der Waals surface area contributed by atoms with Crippen molar-refractivity contribution < 1.29 is 19.1 Å². The lowest BCUT2D eigenvalue weighted by molar-refractivity contribution is -0.143. The van der Waals surface area contributed by atoms with Gasteiger partial charge in [0, 0.05) is 23.9 Å². The van der Waals surface area contributed by atoms with Crippen LogP contribution in [0.3, 0.4) is 0 Å². The van der Waals surface area contributed by atoms with Gasteiger partial charge in [0.05, 0.1) is 18.2 Å². The van der Waals surface area contributed by atoms with E-state index in [-0.39, 0.29) is 31.4 Å². The number of rotatable bonds is 8. The maximum atomic E-state index is 12.1. The molecule has 8 heteroatoms. The van der Waals surface area contributed by atoms with Crippen LogP contribution in [-0.4, -0.2) is 42.5 Å². The van der Waals surface area contributed by atoms with Crippen LogP contribution in [0.5, 0.6) is 0 Å². The van der Waals surface area contributed by atoms with Gasteiger partial charge < -0.3 is 20.4 Å². The van der Waals surface area contributed by atoms with Gasteiger partial charge in [-0.25, -0.2) is 0 Å². The van der Waals surface area contributed by atoms with Crippen LogP contribution in [0.2, 0.25) is 0 Å². The molecule has 1 aromatic carbocycles. The topological polar surface area (TPSA) is 124 Å². The SMILES string of the molecule is CCOC(=O)CNC(=O)CCCNC(=O)c1cc2cc(C#N)ccc2[nH]1. The average molecular weight is 356 g/mol. The maximum absolute atomic E-state index is 12.1. The molecular weight excluding hydrogens is 336 g/mol. The van der Waals surface area contributed by atoms with Crippen LogP contribution in [0.15, 0.2) is 24.3 Å². The predicted octanol–water partition coefficient (Wildman–Crippen LogP) is 1.23. The number of amides is 2. The van der Waals surface area contributed by atoms with Gasteiger partial charge in [0.25, 0.3) is 5.91 Å². The second kappa shape index (κ2) is 9.22. The molecule has 0 unspecified atom stereocenters. The lowest BCUT2D eigenvalue weighted by Gasteiger charge is -2.06. The van der Waals surface area contributed by atoms with E-state index >= 15 is 0 Å². The first-order valence-corrected chi connectivity index (χ1v) is 8.27. The molecule has 0 radical (unpaired) electrons. The number of carbonyl (C=O) groups is 3. The summed E-state index contributed by atoms with van der Waals surface area (Å²) in [4.78, 5) is 37.8. The second-order valence-electron chi connectivity index (χ2n) is 5.54. The Hall–Kier alpha value is -3.34. The van der Waals surface area contributed by atoms with Crippen molar-refractivity contribution in [3.05, 3.63) is 35.5 Å². The Morgan fingerprint density at radius 3 is 2.77 bits per heavy atom. The highest BCUT2D eigenvalue weighted by Gasteiger charge is 2.10. The summed E-state index contributed by atoms with van der Waals surface area (Å²) in [5.74, 6) is -1.04. The van der Waals surface area contributed by atoms with E-state index in [2.05, 4.69) is 21.7 Å². The van der Waals surface area contributed by atoms with Crippen LogP contribution in [0.25, 0.3) is 10.9 Å². The Kier molecular flexibility index (Phi) is 6.74. The quantitative estimate of drug-likeness (QED) is 0.485. The lowest BCUT2D eigenvalue weighted by atomic mass is 10.2. The molecule has 2 aromatic rings. The van der Waals surface area contributed by atoms with Crippen molar-refractivity contribution in [2.45, 2.75) is 19.8 Å². The van der Waals surface area contributed by atoms with E-state index in [4.69, 9.17) is 10.00 Å². The molecule has 3 N–H and O–H groups in total. The van der Waals surface area contributed by atoms with E-state index in [1.54, 1.807) is 31.2 Å². The third kappa shape index (κ3) is 5.34. The van der Waals surface area contributed by atoms with Crippen LogP contribution >= 0.6 is 0 Å². The van der Waals surface area contributed by atoms with Gasteiger partial charge in [-0.1, -0.05) is 0 Å². The molecular formula is C18H20N4O4. The van der Waals surface area contributed by atoms with E-state index in [0.29, 0.717) is 24.2 Å². The van der Waals surface area contributed by atoms with Crippen LogP contribution in [-0.2, 0) is 14.3 Å². The minimum absolute atomic E-state index is 0.154. The van der Waals surface area contributed by atoms with Crippen LogP contribution in [0, 0.1) is 11.3 Å². The number of nitriles is 1. The fourth-order valence-corrected chi connectivity index (χ4v) is 2.34. The Balaban J connectivity index is 1.74. The van der Waals surface area contributed by atoms with Gasteiger partial charge in [-0.3, -0.25) is 14.4 Å². The third-order valence-electron chi connectivity index (χ3n) is 3.60. The number of hydrogen-bond donors (Lipinski definition) is 3. The number of nitrogens with zero attached hydrogens (tertiary/aromatic N) is 1. The van der Waals surface area contributed by atoms with Crippen molar-refractivity contribution in [3.63, 3.8) is 0 Å². The molecule has 0 bridgehead atoms. The van der Waals surface area contributed by atoms with Crippen LogP contribution in [0.1, 0.15) is 35.8 Å². The van der Waals surface area contributed by atoms with Crippen molar-refractivity contribution in [1.29, 1.82) is 5.26 Å². The lowest BCUT2D eigenvalue weighted by Crippen LogP contribution is -2.31. The fourth-order valence-electron chi connectivity index (χ4n) is 2.34. The largest absolute Gasteiger partial charge is 0.465 e. The van der Waals surface area contributed by atoms with Gasteiger partial charge in [-0.2, -0.15) is 5.26 Å². The van der Waals surface area contributed by atoms with E-state index in [1.165, 1.54) is 0 Å². The predicted molar refractivity (Wildman–Crippen MR) is 94.2 cm³/mol. The molecule has 0 aliphatic heterocycles. The highest BCUT2D eigenvalue weighted by molar-refractivity contribution is 5.98. The number of hydrogen-bond acceptors (Lipinski definition) is 5. The minimum atomic E-state index is -0.479. The van der Waals surface area contributed by atoms with E-state index in [1.807, 2.05) is 0 Å². The summed E-state index contributed by atoms with van der Waals surface area (Å²) in [5.41, 5.74) is 1.69. The van der Waals surface area contributed by atoms with Crippen molar-refractivity contribution in [3.8, 4) is 6.07 Å². The smallest absolute Gasteiger partial charge is 0.325 e. The number of carbonyl (C=O) groups excluding carboxylic acids is 3. The van der Waals surface area contributed by atoms with E-state index < -0.39 is 5.97 Å². The summed E-state index contributed by atoms with van der Waals surface area (Å²) in [6, 6.07) is 8.86. The maximum Gasteiger partial charge on any atom is 0.325 e. The zero-order valence-electron chi connectivity index (χ0n) is 14.4. The molecule has 2 amide bonds. The molecule has 0 aliphatic rings. The zero-order valence-corrected chi connectivity index (χ0v) is 14.4. The van der Waals surface area contributed by atoms with Crippen molar-refractivity contribution in [2.75, 3.05) is 19.7 Å². The van der Waals surface area contributed by atoms with Gasteiger partial charge in [-0.05, 0) is 37.6 Å². The number of ether oxygens (including phenoxy) is 1. The molecule has 8 nitrogen and oxygen atoms in total. The monoisotopic (exact) mass is 356 g/mol. The molecule has 0 saturated carbocycles. The highest BCUT2D eigenvalue weighted by Crippen LogP contribution is 2.16. The third-order valence-corrected chi connectivity index (χ3v) is 3.60. The standard InChI is InChI=1S/C18H20N4O4/c1-2-26-17(24)11-21-16(23)4-3-7-20-18(25)15-9-13-8-12(10-19)5-6-14(13)22-15/h5-6,8-9,22H,2-4,7,11H2,1H3,(H,20,25)(H,21,23). The molecule has 0 aliphatic carbocycles. The van der Waals surface area contributed by atoms with Gasteiger partial charge in [0.2, 0.25) is 5.91 Å². The van der Waals surface area contributed by atoms with Crippen LogP contribution in [0.4, 0.5) is 0 Å². The molecule has 2 rings (SSSR count). The Morgan fingerprint density at radius 1 is 1.23 bits per heavy atom. The second-order valence-corrected chi connectivity index (χ2v) is 5.54. The molecule has 0 spiro atoms. The number of nitrogens with one attached hydrogen (secondary N) is 3. The van der Waals surface area contributed by atoms with Crippen molar-refractivity contribution in [2.24, 2.45) is 0 Å². The molecule has 0 atom stereocenters. The van der Waals surface area contributed by atoms with Gasteiger partial charge in [0.1, 0.15) is 12.2 Å². The summed E-state index contributed by atoms with van der Waals surface area (Å²) in [7, 11) is 0. The van der Waals surface area contributed by atoms with E-state index in [9.17, 15) is 14.4 Å². The summed E-state index contributed by atoms with van der Waals surface area (Å²) in [6.45, 7) is 2.13. The summed E-state index contributed by atoms with van der Waals surface area (Å²) < 4.78 is 4.71. The normalized spacial score (nSPS) is 10.2. The molecule has 0 saturated heterocycles. The van der Waals surface area contributed by atoms with Gasteiger partial charge in [0.15, 0.2) is 0 Å². The minimum Gasteiger partial charge on any atom is -0.465 e. The first-order valence-electron chi connectivity index (χ1n) is 8.27. The number of H-pyrrole nitrogens is 1. The highest BCUT2D eigenvalue weighted by atomic mass is 16.5. The summed E-state index contributed by atoms with van der Waals surface area (Å²) in [6.07, 6.45) is 0.636. The summed E-state index contributed by atoms with van der Waals surface area (Å²) >= 11 is 0. The average Bonchev–Trinajstić information content (AvgIpc) is 3.06. The molecule has 26 heavy (non-hydrogen) atoms. The zero-order chi connectivity index (χ0) is 18.9. The Morgan fingerprint density at radius 2 is 2.04 bits per heavy atom. The first-order chi connectivity index (χ1) is 12.5. The Labute approximate surface area is 150 Å². The molecule has 1 aromatic heterocycles. The molecule has 136 valence electrons. The van der Waals surface area contributed by atoms with Gasteiger partial charge in [-0.15, -0.1) is 0 Å². The molecule has 1 heterocycles. The number of esters is 1. The van der Waals surface area contributed by atoms with E-state index in [0.717, 1.165) is 10.9 Å². The number of aromatic amines is 1. The first kappa shape index (κ1) is 19.0. The van der Waals surface area contributed by atoms with Crippen LogP contribution < -0.4 is 10.6 Å². The summed E-state index contributed by atoms with van der Waals surface area (Å²) in [5, 5.41) is 14.9. The number of fused-ring (bicyclic) bond motifs is 1. The fraction of sp³-hybridized carbons (Fsp3) is 0.333. The van der Waals surface area contributed by atoms with Crippen molar-refractivity contribution in [1.82, 2.24) is 15.6 Å².